The predicted molar refractivity (Wildman–Crippen MR) is 90.0 cm³/mol. The maximum Gasteiger partial charge on any atom is 0.173 e. The van der Waals surface area contributed by atoms with Gasteiger partial charge in [0.15, 0.2) is 8.32 Å². The van der Waals surface area contributed by atoms with Crippen LogP contribution in [0.1, 0.15) is 25.3 Å². The highest BCUT2D eigenvalue weighted by Crippen LogP contribution is 2.22. The first-order chi connectivity index (χ1) is 9.44. The van der Waals surface area contributed by atoms with Gasteiger partial charge in [-0.2, -0.15) is 0 Å². The van der Waals surface area contributed by atoms with Gasteiger partial charge in [-0.3, -0.25) is 0 Å². The Morgan fingerprint density at radius 2 is 2.05 bits per heavy atom. The number of ether oxygens (including phenoxy) is 1. The second-order valence-electron chi connectivity index (χ2n) is 5.86. The summed E-state index contributed by atoms with van der Waals surface area (Å²) in [5, 5.41) is 9.46. The van der Waals surface area contributed by atoms with Crippen LogP contribution in [0.25, 0.3) is 0 Å². The third kappa shape index (κ3) is 6.59. The molecular formula is C15H28O3Si2. The predicted octanol–water partition coefficient (Wildman–Crippen LogP) is 3.60. The number of rotatable bonds is 9. The second-order valence-corrected chi connectivity index (χ2v) is 12.2. The zero-order chi connectivity index (χ0) is 15.0. The standard InChI is InChI=1S/C15H28O3Si2/c1-5-10-19-18-20(3,4)11-6-9-17-14-7-8-15(16)13(2)12-14/h7-8,12,16H,5-6,9-11,19H2,1-4H3. The number of phenols is 1. The first-order valence-electron chi connectivity index (χ1n) is 7.51. The highest BCUT2D eigenvalue weighted by atomic mass is 28.4. The topological polar surface area (TPSA) is 38.7 Å². The Balaban J connectivity index is 2.25. The van der Waals surface area contributed by atoms with E-state index in [4.69, 9.17) is 8.85 Å². The number of hydrogen-bond acceptors (Lipinski definition) is 3. The molecule has 0 radical (unpaired) electrons. The Morgan fingerprint density at radius 3 is 2.70 bits per heavy atom. The molecular weight excluding hydrogens is 284 g/mol. The summed E-state index contributed by atoms with van der Waals surface area (Å²) in [6.45, 7) is 9.43. The highest BCUT2D eigenvalue weighted by molar-refractivity contribution is 6.75. The summed E-state index contributed by atoms with van der Waals surface area (Å²) in [5.74, 6) is 1.15. The molecule has 1 aromatic carbocycles. The molecule has 20 heavy (non-hydrogen) atoms. The lowest BCUT2D eigenvalue weighted by Gasteiger charge is -2.23. The van der Waals surface area contributed by atoms with Gasteiger partial charge in [0, 0.05) is 0 Å². The maximum absolute atomic E-state index is 9.46. The van der Waals surface area contributed by atoms with Crippen LogP contribution in [0.15, 0.2) is 18.2 Å². The summed E-state index contributed by atoms with van der Waals surface area (Å²) in [5.41, 5.74) is 0.853. The lowest BCUT2D eigenvalue weighted by Crippen LogP contribution is -2.32. The Bertz CT molecular complexity index is 408. The first-order valence-corrected chi connectivity index (χ1v) is 12.2. The van der Waals surface area contributed by atoms with Crippen molar-refractivity contribution in [1.29, 1.82) is 0 Å². The summed E-state index contributed by atoms with van der Waals surface area (Å²) >= 11 is 0. The normalized spacial score (nSPS) is 12.2. The van der Waals surface area contributed by atoms with Crippen LogP contribution in [0.5, 0.6) is 11.5 Å². The largest absolute Gasteiger partial charge is 0.508 e. The molecule has 1 N–H and O–H groups in total. The summed E-state index contributed by atoms with van der Waals surface area (Å²) in [6, 6.07) is 7.82. The van der Waals surface area contributed by atoms with Gasteiger partial charge in [0.2, 0.25) is 0 Å². The second kappa shape index (κ2) is 8.49. The molecule has 0 fully saturated rings. The minimum atomic E-state index is -1.46. The molecule has 5 heteroatoms. The van der Waals surface area contributed by atoms with Gasteiger partial charge in [0.05, 0.1) is 6.61 Å². The van der Waals surface area contributed by atoms with Crippen LogP contribution in [0.3, 0.4) is 0 Å². The minimum Gasteiger partial charge on any atom is -0.508 e. The van der Waals surface area contributed by atoms with E-state index in [0.29, 0.717) is 5.75 Å². The molecule has 0 heterocycles. The highest BCUT2D eigenvalue weighted by Gasteiger charge is 2.20. The van der Waals surface area contributed by atoms with E-state index in [-0.39, 0.29) is 9.76 Å². The van der Waals surface area contributed by atoms with Crippen molar-refractivity contribution in [3.63, 3.8) is 0 Å². The molecule has 0 unspecified atom stereocenters. The average molecular weight is 313 g/mol. The van der Waals surface area contributed by atoms with Crippen molar-refractivity contribution in [3.05, 3.63) is 23.8 Å². The molecule has 0 aliphatic heterocycles. The minimum absolute atomic E-state index is 0.295. The fraction of sp³-hybridized carbons (Fsp3) is 0.600. The molecule has 0 atom stereocenters. The summed E-state index contributed by atoms with van der Waals surface area (Å²) in [7, 11) is -1.75. The van der Waals surface area contributed by atoms with Crippen molar-refractivity contribution in [2.75, 3.05) is 6.61 Å². The molecule has 1 aromatic rings. The van der Waals surface area contributed by atoms with E-state index in [1.54, 1.807) is 6.07 Å². The van der Waals surface area contributed by atoms with Gasteiger partial charge in [-0.25, -0.2) is 0 Å². The zero-order valence-electron chi connectivity index (χ0n) is 13.2. The third-order valence-corrected chi connectivity index (χ3v) is 9.85. The van der Waals surface area contributed by atoms with Gasteiger partial charge in [-0.05, 0) is 62.3 Å². The van der Waals surface area contributed by atoms with E-state index in [1.165, 1.54) is 12.5 Å². The van der Waals surface area contributed by atoms with Crippen molar-refractivity contribution in [2.45, 2.75) is 51.9 Å². The molecule has 1 rings (SSSR count). The van der Waals surface area contributed by atoms with E-state index in [0.717, 1.165) is 30.4 Å². The Kier molecular flexibility index (Phi) is 7.33. The molecule has 3 nitrogen and oxygen atoms in total. The molecule has 0 aliphatic carbocycles. The zero-order valence-corrected chi connectivity index (χ0v) is 15.7. The van der Waals surface area contributed by atoms with Gasteiger partial charge in [0.1, 0.15) is 21.3 Å². The molecule has 0 spiro atoms. The monoisotopic (exact) mass is 312 g/mol. The summed E-state index contributed by atoms with van der Waals surface area (Å²) in [6.07, 6.45) is 2.29. The van der Waals surface area contributed by atoms with Crippen molar-refractivity contribution in [2.24, 2.45) is 0 Å². The smallest absolute Gasteiger partial charge is 0.173 e. The molecule has 0 amide bonds. The van der Waals surface area contributed by atoms with Crippen LogP contribution < -0.4 is 4.74 Å². The van der Waals surface area contributed by atoms with Crippen molar-refractivity contribution < 1.29 is 14.0 Å². The molecule has 0 bridgehead atoms. The van der Waals surface area contributed by atoms with Gasteiger partial charge >= 0.3 is 0 Å². The first kappa shape index (κ1) is 17.3. The van der Waals surface area contributed by atoms with E-state index in [9.17, 15) is 5.11 Å². The van der Waals surface area contributed by atoms with Crippen LogP contribution in [-0.4, -0.2) is 29.8 Å². The van der Waals surface area contributed by atoms with E-state index >= 15 is 0 Å². The number of benzene rings is 1. The van der Waals surface area contributed by atoms with Gasteiger partial charge < -0.3 is 14.0 Å². The van der Waals surface area contributed by atoms with Gasteiger partial charge in [0.25, 0.3) is 0 Å². The number of aryl methyl sites for hydroxylation is 1. The van der Waals surface area contributed by atoms with Crippen molar-refractivity contribution >= 4 is 18.1 Å². The molecule has 0 aromatic heterocycles. The number of hydrogen-bond donors (Lipinski definition) is 1. The van der Waals surface area contributed by atoms with Crippen LogP contribution in [0.4, 0.5) is 0 Å². The van der Waals surface area contributed by atoms with Gasteiger partial charge in [-0.15, -0.1) is 0 Å². The van der Waals surface area contributed by atoms with Crippen molar-refractivity contribution in [1.82, 2.24) is 0 Å². The average Bonchev–Trinajstić information content (AvgIpc) is 2.39. The Labute approximate surface area is 126 Å². The maximum atomic E-state index is 9.46. The van der Waals surface area contributed by atoms with E-state index in [2.05, 4.69) is 20.0 Å². The van der Waals surface area contributed by atoms with Crippen LogP contribution in [-0.2, 0) is 4.12 Å². The molecule has 0 saturated carbocycles. The van der Waals surface area contributed by atoms with Crippen LogP contribution >= 0.6 is 0 Å². The lowest BCUT2D eigenvalue weighted by molar-refractivity contribution is 0.314. The van der Waals surface area contributed by atoms with Crippen molar-refractivity contribution in [3.8, 4) is 11.5 Å². The Morgan fingerprint density at radius 1 is 1.30 bits per heavy atom. The third-order valence-electron chi connectivity index (χ3n) is 3.35. The fourth-order valence-corrected chi connectivity index (χ4v) is 6.62. The van der Waals surface area contributed by atoms with Gasteiger partial charge in [-0.1, -0.05) is 13.3 Å². The SMILES string of the molecule is CCC[SiH2]O[Si](C)(C)CCCOc1ccc(O)c(C)c1. The van der Waals surface area contributed by atoms with Crippen LogP contribution in [0.2, 0.25) is 25.2 Å². The summed E-state index contributed by atoms with van der Waals surface area (Å²) in [4.78, 5) is 0. The number of aromatic hydroxyl groups is 1. The summed E-state index contributed by atoms with van der Waals surface area (Å²) < 4.78 is 11.9. The fourth-order valence-electron chi connectivity index (χ4n) is 1.97. The lowest BCUT2D eigenvalue weighted by atomic mass is 10.2. The van der Waals surface area contributed by atoms with E-state index in [1.807, 2.05) is 19.1 Å². The molecule has 114 valence electrons. The number of phenolic OH excluding ortho intramolecular Hbond substituents is 1. The molecule has 0 aliphatic rings. The van der Waals surface area contributed by atoms with E-state index < -0.39 is 8.32 Å². The quantitative estimate of drug-likeness (QED) is 0.559. The Hall–Kier alpha value is -0.786. The van der Waals surface area contributed by atoms with Crippen LogP contribution in [0, 0.1) is 6.92 Å². The molecule has 0 saturated heterocycles.